The van der Waals surface area contributed by atoms with Gasteiger partial charge in [-0.05, 0) is 56.5 Å². The van der Waals surface area contributed by atoms with Gasteiger partial charge in [-0.2, -0.15) is 0 Å². The van der Waals surface area contributed by atoms with Crippen LogP contribution in [-0.4, -0.2) is 23.8 Å². The second-order valence-electron chi connectivity index (χ2n) is 7.80. The number of carbonyl (C=O) groups is 2. The summed E-state index contributed by atoms with van der Waals surface area (Å²) in [6.45, 7) is 7.27. The van der Waals surface area contributed by atoms with Gasteiger partial charge in [-0.15, -0.1) is 0 Å². The quantitative estimate of drug-likeness (QED) is 0.777. The molecule has 0 saturated carbocycles. The van der Waals surface area contributed by atoms with Crippen LogP contribution in [0.5, 0.6) is 0 Å². The maximum atomic E-state index is 12.7. The van der Waals surface area contributed by atoms with Crippen LogP contribution in [-0.2, 0) is 9.47 Å². The van der Waals surface area contributed by atoms with E-state index in [-0.39, 0.29) is 0 Å². The minimum atomic E-state index is -0.644. The lowest BCUT2D eigenvalue weighted by molar-refractivity contribution is 0.0241. The number of fused-ring (bicyclic) bond motifs is 1. The van der Waals surface area contributed by atoms with E-state index in [4.69, 9.17) is 9.47 Å². The van der Waals surface area contributed by atoms with Crippen molar-refractivity contribution >= 4 is 18.1 Å². The fourth-order valence-electron chi connectivity index (χ4n) is 3.12. The molecule has 1 N–H and O–H groups in total. The Hall–Kier alpha value is -3.08. The van der Waals surface area contributed by atoms with E-state index in [9.17, 15) is 9.59 Å². The van der Waals surface area contributed by atoms with Crippen molar-refractivity contribution in [1.29, 1.82) is 0 Å². The molecule has 2 aromatic carbocycles. The first-order valence-corrected chi connectivity index (χ1v) is 9.28. The SMILES string of the molecule is Cc1ccccc1C(=O)O[C@H]1C=Cc2ccccc2[C@@H]1NC(=O)OC(C)(C)C. The number of rotatable bonds is 3. The zero-order valence-corrected chi connectivity index (χ0v) is 16.6. The lowest BCUT2D eigenvalue weighted by atomic mass is 9.90. The Morgan fingerprint density at radius 1 is 1.00 bits per heavy atom. The Morgan fingerprint density at radius 2 is 1.68 bits per heavy atom. The fourth-order valence-corrected chi connectivity index (χ4v) is 3.12. The van der Waals surface area contributed by atoms with Gasteiger partial charge in [0.15, 0.2) is 0 Å². The molecule has 0 unspecified atom stereocenters. The maximum Gasteiger partial charge on any atom is 0.408 e. The minimum Gasteiger partial charge on any atom is -0.452 e. The summed E-state index contributed by atoms with van der Waals surface area (Å²) in [5.41, 5.74) is 2.56. The summed E-state index contributed by atoms with van der Waals surface area (Å²) >= 11 is 0. The molecule has 1 amide bonds. The van der Waals surface area contributed by atoms with Crippen LogP contribution < -0.4 is 5.32 Å². The topological polar surface area (TPSA) is 64.6 Å². The molecule has 0 aliphatic heterocycles. The summed E-state index contributed by atoms with van der Waals surface area (Å²) in [5.74, 6) is -0.428. The van der Waals surface area contributed by atoms with Crippen molar-refractivity contribution in [2.45, 2.75) is 45.4 Å². The third-order valence-electron chi connectivity index (χ3n) is 4.41. The molecule has 2 aromatic rings. The highest BCUT2D eigenvalue weighted by Gasteiger charge is 2.32. The van der Waals surface area contributed by atoms with Crippen molar-refractivity contribution in [3.63, 3.8) is 0 Å². The summed E-state index contributed by atoms with van der Waals surface area (Å²) in [7, 11) is 0. The molecule has 0 radical (unpaired) electrons. The highest BCUT2D eigenvalue weighted by molar-refractivity contribution is 5.91. The fraction of sp³-hybridized carbons (Fsp3) is 0.304. The van der Waals surface area contributed by atoms with Crippen molar-refractivity contribution in [2.75, 3.05) is 0 Å². The molecule has 0 bridgehead atoms. The zero-order valence-electron chi connectivity index (χ0n) is 16.6. The highest BCUT2D eigenvalue weighted by atomic mass is 16.6. The molecule has 3 rings (SSSR count). The lowest BCUT2D eigenvalue weighted by Crippen LogP contribution is -2.41. The van der Waals surface area contributed by atoms with Crippen molar-refractivity contribution in [2.24, 2.45) is 0 Å². The Morgan fingerprint density at radius 3 is 2.39 bits per heavy atom. The van der Waals surface area contributed by atoms with Crippen LogP contribution in [0.4, 0.5) is 4.79 Å². The van der Waals surface area contributed by atoms with Gasteiger partial charge in [0, 0.05) is 0 Å². The number of alkyl carbamates (subject to hydrolysis) is 1. The standard InChI is InChI=1S/C23H25NO4/c1-15-9-5-7-11-17(15)21(25)27-19-14-13-16-10-6-8-12-18(16)20(19)24-22(26)28-23(2,3)4/h5-14,19-20H,1-4H3,(H,24,26)/t19-,20-/m0/s1. The van der Waals surface area contributed by atoms with E-state index < -0.39 is 29.8 Å². The van der Waals surface area contributed by atoms with Crippen LogP contribution in [0, 0.1) is 6.92 Å². The molecule has 146 valence electrons. The number of hydrogen-bond acceptors (Lipinski definition) is 4. The average Bonchev–Trinajstić information content (AvgIpc) is 2.62. The van der Waals surface area contributed by atoms with E-state index in [1.165, 1.54) is 0 Å². The van der Waals surface area contributed by atoms with E-state index >= 15 is 0 Å². The molecular formula is C23H25NO4. The summed E-state index contributed by atoms with van der Waals surface area (Å²) in [5, 5.41) is 2.86. The number of nitrogens with one attached hydrogen (secondary N) is 1. The second kappa shape index (κ2) is 7.89. The van der Waals surface area contributed by atoms with Crippen molar-refractivity contribution in [3.8, 4) is 0 Å². The molecule has 0 spiro atoms. The molecule has 1 aliphatic rings. The predicted molar refractivity (Wildman–Crippen MR) is 108 cm³/mol. The monoisotopic (exact) mass is 379 g/mol. The van der Waals surface area contributed by atoms with Gasteiger partial charge in [-0.1, -0.05) is 48.5 Å². The largest absolute Gasteiger partial charge is 0.452 e. The lowest BCUT2D eigenvalue weighted by Gasteiger charge is -2.31. The maximum absolute atomic E-state index is 12.7. The molecule has 0 saturated heterocycles. The predicted octanol–water partition coefficient (Wildman–Crippen LogP) is 4.81. The molecule has 5 heteroatoms. The van der Waals surface area contributed by atoms with Gasteiger partial charge in [0.25, 0.3) is 0 Å². The molecule has 2 atom stereocenters. The van der Waals surface area contributed by atoms with Gasteiger partial charge in [0.2, 0.25) is 0 Å². The Balaban J connectivity index is 1.85. The van der Waals surface area contributed by atoms with Crippen LogP contribution in [0.1, 0.15) is 53.9 Å². The van der Waals surface area contributed by atoms with E-state index in [2.05, 4.69) is 5.32 Å². The van der Waals surface area contributed by atoms with Gasteiger partial charge in [-0.25, -0.2) is 9.59 Å². The Kier molecular flexibility index (Phi) is 5.54. The molecule has 1 aliphatic carbocycles. The minimum absolute atomic E-state index is 0.428. The van der Waals surface area contributed by atoms with E-state index in [0.717, 1.165) is 16.7 Å². The van der Waals surface area contributed by atoms with Gasteiger partial charge in [-0.3, -0.25) is 0 Å². The van der Waals surface area contributed by atoms with Crippen LogP contribution in [0.25, 0.3) is 6.08 Å². The number of aryl methyl sites for hydroxylation is 1. The van der Waals surface area contributed by atoms with Gasteiger partial charge in [0.1, 0.15) is 11.7 Å². The highest BCUT2D eigenvalue weighted by Crippen LogP contribution is 2.31. The van der Waals surface area contributed by atoms with Crippen LogP contribution in [0.15, 0.2) is 54.6 Å². The molecule has 5 nitrogen and oxygen atoms in total. The van der Waals surface area contributed by atoms with Gasteiger partial charge >= 0.3 is 12.1 Å². The van der Waals surface area contributed by atoms with Crippen molar-refractivity contribution in [3.05, 3.63) is 76.9 Å². The number of benzene rings is 2. The third-order valence-corrected chi connectivity index (χ3v) is 4.41. The van der Waals surface area contributed by atoms with Crippen LogP contribution >= 0.6 is 0 Å². The van der Waals surface area contributed by atoms with E-state index in [1.54, 1.807) is 39.0 Å². The molecular weight excluding hydrogens is 354 g/mol. The summed E-state index contributed by atoms with van der Waals surface area (Å²) < 4.78 is 11.2. The first-order chi connectivity index (χ1) is 13.2. The van der Waals surface area contributed by atoms with E-state index in [1.807, 2.05) is 49.4 Å². The normalized spacial score (nSPS) is 18.1. The van der Waals surface area contributed by atoms with Crippen LogP contribution in [0.2, 0.25) is 0 Å². The van der Waals surface area contributed by atoms with Crippen molar-refractivity contribution < 1.29 is 19.1 Å². The van der Waals surface area contributed by atoms with Crippen molar-refractivity contribution in [1.82, 2.24) is 5.32 Å². The number of esters is 1. The first-order valence-electron chi connectivity index (χ1n) is 9.28. The molecule has 0 heterocycles. The summed E-state index contributed by atoms with van der Waals surface area (Å²) in [6.07, 6.45) is 2.49. The number of ether oxygens (including phenoxy) is 2. The van der Waals surface area contributed by atoms with Gasteiger partial charge in [0.05, 0.1) is 11.6 Å². The smallest absolute Gasteiger partial charge is 0.408 e. The first kappa shape index (κ1) is 19.7. The Bertz CT molecular complexity index is 911. The van der Waals surface area contributed by atoms with E-state index in [0.29, 0.717) is 5.56 Å². The second-order valence-corrected chi connectivity index (χ2v) is 7.80. The summed E-state index contributed by atoms with van der Waals surface area (Å²) in [4.78, 5) is 25.1. The number of hydrogen-bond donors (Lipinski definition) is 1. The average molecular weight is 379 g/mol. The number of amides is 1. The molecule has 28 heavy (non-hydrogen) atoms. The molecule has 0 aromatic heterocycles. The molecule has 0 fully saturated rings. The zero-order chi connectivity index (χ0) is 20.3. The number of carbonyl (C=O) groups excluding carboxylic acids is 2. The van der Waals surface area contributed by atoms with Gasteiger partial charge < -0.3 is 14.8 Å². The Labute approximate surface area is 165 Å². The third kappa shape index (κ3) is 4.60. The van der Waals surface area contributed by atoms with Crippen LogP contribution in [0.3, 0.4) is 0 Å². The summed E-state index contributed by atoms with van der Waals surface area (Å²) in [6, 6.07) is 14.4.